The van der Waals surface area contributed by atoms with Crippen LogP contribution in [-0.4, -0.2) is 23.3 Å². The highest BCUT2D eigenvalue weighted by Crippen LogP contribution is 2.29. The quantitative estimate of drug-likeness (QED) is 0.239. The van der Waals surface area contributed by atoms with E-state index in [0.717, 1.165) is 30.4 Å². The first-order valence-corrected chi connectivity index (χ1v) is 7.88. The van der Waals surface area contributed by atoms with E-state index < -0.39 is 35.0 Å². The number of nitro benzene ring substituents is 1. The van der Waals surface area contributed by atoms with Gasteiger partial charge in [0, 0.05) is 23.3 Å². The number of carbonyl (C=O) groups excluding carboxylic acids is 2. The molecule has 0 saturated carbocycles. The third-order valence-electron chi connectivity index (χ3n) is 3.70. The summed E-state index contributed by atoms with van der Waals surface area (Å²) in [5, 5.41) is 10.9. The minimum atomic E-state index is -4.51. The molecule has 0 spiro atoms. The molecule has 0 amide bonds. The van der Waals surface area contributed by atoms with Crippen LogP contribution < -0.4 is 0 Å². The second-order valence-electron chi connectivity index (χ2n) is 5.75. The minimum Gasteiger partial charge on any atom is -0.454 e. The molecule has 0 radical (unpaired) electrons. The Hall–Kier alpha value is -3.49. The zero-order chi connectivity index (χ0) is 20.9. The number of halogens is 3. The van der Waals surface area contributed by atoms with Gasteiger partial charge in [0.25, 0.3) is 5.69 Å². The molecule has 2 rings (SSSR count). The van der Waals surface area contributed by atoms with E-state index in [1.807, 2.05) is 0 Å². The molecule has 9 heteroatoms. The lowest BCUT2D eigenvalue weighted by Gasteiger charge is -2.06. The third-order valence-corrected chi connectivity index (χ3v) is 3.70. The number of nitrogens with zero attached hydrogens (tertiary/aromatic N) is 1. The fourth-order valence-corrected chi connectivity index (χ4v) is 2.23. The lowest BCUT2D eigenvalue weighted by Crippen LogP contribution is -2.13. The molecule has 0 saturated heterocycles. The van der Waals surface area contributed by atoms with Gasteiger partial charge in [-0.2, -0.15) is 13.2 Å². The van der Waals surface area contributed by atoms with E-state index >= 15 is 0 Å². The summed E-state index contributed by atoms with van der Waals surface area (Å²) in [5.74, 6) is -1.59. The lowest BCUT2D eigenvalue weighted by atomic mass is 10.1. The molecule has 146 valence electrons. The summed E-state index contributed by atoms with van der Waals surface area (Å²) in [5.41, 5.74) is -0.581. The fraction of sp³-hybridized carbons (Fsp3) is 0.158. The van der Waals surface area contributed by atoms with Gasteiger partial charge in [0.2, 0.25) is 5.78 Å². The molecular weight excluding hydrogens is 379 g/mol. The van der Waals surface area contributed by atoms with Crippen LogP contribution in [0.25, 0.3) is 6.08 Å². The average molecular weight is 393 g/mol. The standard InChI is InChI=1S/C19H14F3NO5/c1-12-5-7-14(10-16(12)23(26)27)17(24)11-28-18(25)8-6-13-3-2-4-15(9-13)19(20,21)22/h2-10H,11H2,1H3/b8-6+. The predicted octanol–water partition coefficient (Wildman–Crippen LogP) is 4.36. The molecule has 0 aliphatic carbocycles. The largest absolute Gasteiger partial charge is 0.454 e. The molecule has 0 aliphatic heterocycles. The smallest absolute Gasteiger partial charge is 0.416 e. The van der Waals surface area contributed by atoms with Crippen LogP contribution >= 0.6 is 0 Å². The van der Waals surface area contributed by atoms with Crippen LogP contribution in [0.2, 0.25) is 0 Å². The van der Waals surface area contributed by atoms with Gasteiger partial charge in [-0.15, -0.1) is 0 Å². The van der Waals surface area contributed by atoms with Gasteiger partial charge in [-0.05, 0) is 30.7 Å². The van der Waals surface area contributed by atoms with Crippen molar-refractivity contribution in [3.8, 4) is 0 Å². The Balaban J connectivity index is 1.99. The average Bonchev–Trinajstić information content (AvgIpc) is 2.64. The van der Waals surface area contributed by atoms with Gasteiger partial charge in [-0.25, -0.2) is 4.79 Å². The second kappa shape index (κ2) is 8.47. The Morgan fingerprint density at radius 2 is 1.89 bits per heavy atom. The summed E-state index contributed by atoms with van der Waals surface area (Å²) >= 11 is 0. The molecule has 6 nitrogen and oxygen atoms in total. The minimum absolute atomic E-state index is 0.00644. The van der Waals surface area contributed by atoms with Crippen molar-refractivity contribution < 1.29 is 32.4 Å². The third kappa shape index (κ3) is 5.50. The molecule has 0 bridgehead atoms. The van der Waals surface area contributed by atoms with E-state index in [1.165, 1.54) is 31.2 Å². The van der Waals surface area contributed by atoms with Gasteiger partial charge in [0.1, 0.15) is 0 Å². The van der Waals surface area contributed by atoms with Crippen molar-refractivity contribution in [1.82, 2.24) is 0 Å². The van der Waals surface area contributed by atoms with Crippen molar-refractivity contribution >= 4 is 23.5 Å². The number of hydrogen-bond donors (Lipinski definition) is 0. The van der Waals surface area contributed by atoms with Gasteiger partial charge in [0.15, 0.2) is 6.61 Å². The summed E-state index contributed by atoms with van der Waals surface area (Å²) in [7, 11) is 0. The molecule has 0 atom stereocenters. The number of benzene rings is 2. The first kappa shape index (κ1) is 20.8. The van der Waals surface area contributed by atoms with E-state index in [4.69, 9.17) is 4.74 Å². The van der Waals surface area contributed by atoms with Gasteiger partial charge in [0.05, 0.1) is 10.5 Å². The molecule has 0 heterocycles. The van der Waals surface area contributed by atoms with Crippen LogP contribution in [-0.2, 0) is 15.7 Å². The number of nitro groups is 1. The molecule has 0 fully saturated rings. The molecule has 2 aromatic carbocycles. The van der Waals surface area contributed by atoms with E-state index in [0.29, 0.717) is 5.56 Å². The van der Waals surface area contributed by atoms with Gasteiger partial charge in [-0.3, -0.25) is 14.9 Å². The molecule has 0 aromatic heterocycles. The highest BCUT2D eigenvalue weighted by atomic mass is 19.4. The normalized spacial score (nSPS) is 11.4. The van der Waals surface area contributed by atoms with E-state index in [1.54, 1.807) is 0 Å². The van der Waals surface area contributed by atoms with Crippen LogP contribution in [0.3, 0.4) is 0 Å². The van der Waals surface area contributed by atoms with Crippen LogP contribution in [0.4, 0.5) is 18.9 Å². The van der Waals surface area contributed by atoms with Gasteiger partial charge >= 0.3 is 12.1 Å². The maximum atomic E-state index is 12.6. The van der Waals surface area contributed by atoms with Crippen LogP contribution in [0.15, 0.2) is 48.5 Å². The van der Waals surface area contributed by atoms with E-state index in [2.05, 4.69) is 0 Å². The summed E-state index contributed by atoms with van der Waals surface area (Å²) in [4.78, 5) is 34.0. The Bertz CT molecular complexity index is 951. The summed E-state index contributed by atoms with van der Waals surface area (Å²) < 4.78 is 42.7. The first-order valence-electron chi connectivity index (χ1n) is 7.88. The fourth-order valence-electron chi connectivity index (χ4n) is 2.23. The van der Waals surface area contributed by atoms with Crippen molar-refractivity contribution in [2.45, 2.75) is 13.1 Å². The number of ether oxygens (including phenoxy) is 1. The second-order valence-corrected chi connectivity index (χ2v) is 5.75. The van der Waals surface area contributed by atoms with Crippen molar-refractivity contribution in [2.75, 3.05) is 6.61 Å². The van der Waals surface area contributed by atoms with Gasteiger partial charge < -0.3 is 4.74 Å². The predicted molar refractivity (Wildman–Crippen MR) is 93.6 cm³/mol. The number of Topliss-reactive ketones (excluding diaryl/α,β-unsaturated/α-hetero) is 1. The van der Waals surface area contributed by atoms with Gasteiger partial charge in [-0.1, -0.05) is 24.3 Å². The van der Waals surface area contributed by atoms with Crippen molar-refractivity contribution in [3.05, 3.63) is 80.9 Å². The molecule has 2 aromatic rings. The van der Waals surface area contributed by atoms with Crippen molar-refractivity contribution in [1.29, 1.82) is 0 Å². The summed E-state index contributed by atoms with van der Waals surface area (Å²) in [6.45, 7) is 0.858. The Labute approximate surface area is 157 Å². The van der Waals surface area contributed by atoms with Crippen molar-refractivity contribution in [3.63, 3.8) is 0 Å². The SMILES string of the molecule is Cc1ccc(C(=O)COC(=O)/C=C/c2cccc(C(F)(F)F)c2)cc1[N+](=O)[O-]. The lowest BCUT2D eigenvalue weighted by molar-refractivity contribution is -0.385. The summed E-state index contributed by atoms with van der Waals surface area (Å²) in [6.07, 6.45) is -2.49. The molecule has 0 unspecified atom stereocenters. The molecule has 0 N–H and O–H groups in total. The van der Waals surface area contributed by atoms with E-state index in [9.17, 15) is 32.9 Å². The number of carbonyl (C=O) groups is 2. The number of aryl methyl sites for hydroxylation is 1. The molecular formula is C19H14F3NO5. The highest BCUT2D eigenvalue weighted by molar-refractivity contribution is 5.99. The first-order chi connectivity index (χ1) is 13.1. The number of esters is 1. The Kier molecular flexibility index (Phi) is 6.29. The zero-order valence-electron chi connectivity index (χ0n) is 14.5. The maximum absolute atomic E-state index is 12.6. The number of alkyl halides is 3. The zero-order valence-corrected chi connectivity index (χ0v) is 14.5. The number of rotatable bonds is 6. The maximum Gasteiger partial charge on any atom is 0.416 e. The topological polar surface area (TPSA) is 86.5 Å². The molecule has 28 heavy (non-hydrogen) atoms. The summed E-state index contributed by atoms with van der Waals surface area (Å²) in [6, 6.07) is 8.19. The number of ketones is 1. The Morgan fingerprint density at radius 1 is 1.18 bits per heavy atom. The van der Waals surface area contributed by atoms with Crippen LogP contribution in [0.5, 0.6) is 0 Å². The molecule has 0 aliphatic rings. The van der Waals surface area contributed by atoms with E-state index in [-0.39, 0.29) is 16.8 Å². The van der Waals surface area contributed by atoms with Crippen LogP contribution in [0.1, 0.15) is 27.0 Å². The monoisotopic (exact) mass is 393 g/mol. The Morgan fingerprint density at radius 3 is 2.54 bits per heavy atom. The van der Waals surface area contributed by atoms with Crippen LogP contribution in [0, 0.1) is 17.0 Å². The van der Waals surface area contributed by atoms with Crippen molar-refractivity contribution in [2.24, 2.45) is 0 Å². The highest BCUT2D eigenvalue weighted by Gasteiger charge is 2.30. The number of hydrogen-bond acceptors (Lipinski definition) is 5.